The van der Waals surface area contributed by atoms with Crippen molar-refractivity contribution < 1.29 is 41.7 Å². The van der Waals surface area contributed by atoms with E-state index in [9.17, 15) is 28.0 Å². The Labute approximate surface area is 232 Å². The number of benzene rings is 2. The number of fused-ring (bicyclic) bond motifs is 2. The number of halogens is 4. The van der Waals surface area contributed by atoms with Gasteiger partial charge in [-0.1, -0.05) is 17.7 Å². The van der Waals surface area contributed by atoms with E-state index in [1.165, 1.54) is 19.2 Å². The van der Waals surface area contributed by atoms with Gasteiger partial charge in [-0.3, -0.25) is 9.80 Å². The zero-order chi connectivity index (χ0) is 28.6. The summed E-state index contributed by atoms with van der Waals surface area (Å²) < 4.78 is 60.7. The number of esters is 2. The van der Waals surface area contributed by atoms with Crippen molar-refractivity contribution >= 4 is 23.5 Å². The van der Waals surface area contributed by atoms with E-state index in [4.69, 9.17) is 30.5 Å². The van der Waals surface area contributed by atoms with Gasteiger partial charge in [-0.15, -0.1) is 0 Å². The second-order valence-electron chi connectivity index (χ2n) is 9.80. The molecule has 0 N–H and O–H groups in total. The van der Waals surface area contributed by atoms with Gasteiger partial charge in [0.25, 0.3) is 0 Å². The van der Waals surface area contributed by atoms with Gasteiger partial charge in [-0.25, -0.2) is 9.59 Å². The van der Waals surface area contributed by atoms with Gasteiger partial charge < -0.3 is 18.9 Å². The van der Waals surface area contributed by atoms with E-state index >= 15 is 0 Å². The summed E-state index contributed by atoms with van der Waals surface area (Å²) >= 11 is 6.32. The van der Waals surface area contributed by atoms with Crippen LogP contribution in [0.5, 0.6) is 5.75 Å². The number of nitriles is 1. The predicted molar refractivity (Wildman–Crippen MR) is 134 cm³/mol. The molecule has 13 heteroatoms. The van der Waals surface area contributed by atoms with E-state index in [0.717, 1.165) is 11.1 Å². The van der Waals surface area contributed by atoms with E-state index in [1.54, 1.807) is 6.07 Å². The number of carbonyl (C=O) groups is 2. The van der Waals surface area contributed by atoms with Crippen LogP contribution in [0.1, 0.15) is 44.8 Å². The molecular weight excluding hydrogens is 555 g/mol. The standard InChI is InChI=1S/C27H25ClF3N3O6/c1-37-22-8-20(21(28)7-16(22)9-32)24(40-26(36)27(29,30)31)11-33-4-5-34-12-23(38-14-18(34)10-33)15-2-3-19-17(6-15)13-39-25(19)35/h2-3,6-8,18,23-24H,4-5,10-14H2,1H3/t18-,23-,24?/m0/s1. The Kier molecular flexibility index (Phi) is 7.92. The van der Waals surface area contributed by atoms with Gasteiger partial charge in [-0.05, 0) is 29.8 Å². The molecule has 0 saturated carbocycles. The van der Waals surface area contributed by atoms with Crippen LogP contribution >= 0.6 is 11.6 Å². The van der Waals surface area contributed by atoms with Crippen molar-refractivity contribution in [3.05, 3.63) is 63.2 Å². The molecule has 2 aromatic carbocycles. The first-order valence-electron chi connectivity index (χ1n) is 12.5. The number of carbonyl (C=O) groups excluding carboxylic acids is 2. The fraction of sp³-hybridized carbons (Fsp3) is 0.444. The van der Waals surface area contributed by atoms with E-state index in [0.29, 0.717) is 38.3 Å². The fourth-order valence-electron chi connectivity index (χ4n) is 5.27. The van der Waals surface area contributed by atoms with E-state index in [2.05, 4.69) is 4.90 Å². The average Bonchev–Trinajstić information content (AvgIpc) is 3.31. The van der Waals surface area contributed by atoms with Gasteiger partial charge in [0, 0.05) is 54.9 Å². The summed E-state index contributed by atoms with van der Waals surface area (Å²) in [6.07, 6.45) is -6.75. The van der Waals surface area contributed by atoms with Gasteiger partial charge in [0.2, 0.25) is 0 Å². The van der Waals surface area contributed by atoms with Crippen molar-refractivity contribution in [2.45, 2.75) is 31.0 Å². The zero-order valence-electron chi connectivity index (χ0n) is 21.4. The first-order valence-corrected chi connectivity index (χ1v) is 12.9. The molecule has 5 rings (SSSR count). The summed E-state index contributed by atoms with van der Waals surface area (Å²) in [4.78, 5) is 27.7. The van der Waals surface area contributed by atoms with Crippen LogP contribution in [0.2, 0.25) is 5.02 Å². The highest BCUT2D eigenvalue weighted by atomic mass is 35.5. The van der Waals surface area contributed by atoms with Crippen LogP contribution in [-0.4, -0.2) is 80.4 Å². The summed E-state index contributed by atoms with van der Waals surface area (Å²) in [6.45, 7) is 2.75. The molecule has 3 atom stereocenters. The topological polar surface area (TPSA) is 101 Å². The maximum atomic E-state index is 13.1. The second kappa shape index (κ2) is 11.2. The Morgan fingerprint density at radius 2 is 2.05 bits per heavy atom. The van der Waals surface area contributed by atoms with Crippen molar-refractivity contribution in [2.24, 2.45) is 0 Å². The van der Waals surface area contributed by atoms with Crippen molar-refractivity contribution in [1.82, 2.24) is 9.80 Å². The molecule has 3 aliphatic heterocycles. The fourth-order valence-corrected chi connectivity index (χ4v) is 5.56. The number of piperazine rings is 1. The number of methoxy groups -OCH3 is 1. The van der Waals surface area contributed by atoms with E-state index in [1.807, 2.05) is 23.1 Å². The molecule has 2 saturated heterocycles. The normalized spacial score (nSPS) is 22.1. The van der Waals surface area contributed by atoms with E-state index in [-0.39, 0.29) is 53.2 Å². The number of nitrogens with zero attached hydrogens (tertiary/aromatic N) is 3. The molecular formula is C27H25ClF3N3O6. The maximum absolute atomic E-state index is 13.1. The van der Waals surface area contributed by atoms with Crippen LogP contribution in [0.25, 0.3) is 0 Å². The van der Waals surface area contributed by atoms with Crippen molar-refractivity contribution in [3.63, 3.8) is 0 Å². The second-order valence-corrected chi connectivity index (χ2v) is 10.2. The molecule has 0 aromatic heterocycles. The Balaban J connectivity index is 1.29. The lowest BCUT2D eigenvalue weighted by molar-refractivity contribution is -0.206. The molecule has 2 aromatic rings. The van der Waals surface area contributed by atoms with Crippen molar-refractivity contribution in [1.29, 1.82) is 5.26 Å². The Morgan fingerprint density at radius 3 is 2.77 bits per heavy atom. The summed E-state index contributed by atoms with van der Waals surface area (Å²) in [7, 11) is 1.32. The molecule has 212 valence electrons. The Bertz CT molecular complexity index is 1360. The molecule has 2 fully saturated rings. The minimum atomic E-state index is -5.19. The summed E-state index contributed by atoms with van der Waals surface area (Å²) in [5, 5.41) is 9.29. The van der Waals surface area contributed by atoms with Gasteiger partial charge in [-0.2, -0.15) is 18.4 Å². The maximum Gasteiger partial charge on any atom is 0.490 e. The van der Waals surface area contributed by atoms with Crippen molar-refractivity contribution in [3.8, 4) is 11.8 Å². The molecule has 0 amide bonds. The molecule has 1 unspecified atom stereocenters. The van der Waals surface area contributed by atoms with Crippen LogP contribution in [0, 0.1) is 11.3 Å². The molecule has 40 heavy (non-hydrogen) atoms. The van der Waals surface area contributed by atoms with Crippen LogP contribution in [-0.2, 0) is 25.6 Å². The van der Waals surface area contributed by atoms with Crippen LogP contribution in [0.15, 0.2) is 30.3 Å². The molecule has 3 heterocycles. The third kappa shape index (κ3) is 5.74. The summed E-state index contributed by atoms with van der Waals surface area (Å²) in [5.74, 6) is -2.56. The number of alkyl halides is 3. The first-order chi connectivity index (χ1) is 19.1. The molecule has 0 bridgehead atoms. The summed E-state index contributed by atoms with van der Waals surface area (Å²) in [5.41, 5.74) is 2.54. The van der Waals surface area contributed by atoms with Crippen LogP contribution in [0.4, 0.5) is 13.2 Å². The Morgan fingerprint density at radius 1 is 1.25 bits per heavy atom. The minimum Gasteiger partial charge on any atom is -0.495 e. The smallest absolute Gasteiger partial charge is 0.490 e. The molecule has 0 radical (unpaired) electrons. The first kappa shape index (κ1) is 28.2. The van der Waals surface area contributed by atoms with Crippen molar-refractivity contribution in [2.75, 3.05) is 46.4 Å². The number of hydrogen-bond acceptors (Lipinski definition) is 9. The van der Waals surface area contributed by atoms with E-state index < -0.39 is 18.2 Å². The number of ether oxygens (including phenoxy) is 4. The monoisotopic (exact) mass is 579 g/mol. The largest absolute Gasteiger partial charge is 0.495 e. The highest BCUT2D eigenvalue weighted by Crippen LogP contribution is 2.36. The molecule has 0 spiro atoms. The lowest BCUT2D eigenvalue weighted by atomic mass is 9.99. The predicted octanol–water partition coefficient (Wildman–Crippen LogP) is 3.79. The number of rotatable bonds is 6. The van der Waals surface area contributed by atoms with Gasteiger partial charge in [0.15, 0.2) is 0 Å². The van der Waals surface area contributed by atoms with Gasteiger partial charge in [0.1, 0.15) is 24.5 Å². The third-order valence-corrected chi connectivity index (χ3v) is 7.68. The third-order valence-electron chi connectivity index (χ3n) is 7.35. The number of hydrogen-bond donors (Lipinski definition) is 0. The Hall–Kier alpha value is -3.37. The number of cyclic esters (lactones) is 1. The van der Waals surface area contributed by atoms with Crippen LogP contribution in [0.3, 0.4) is 0 Å². The quantitative estimate of drug-likeness (QED) is 0.473. The average molecular weight is 580 g/mol. The molecule has 0 aliphatic carbocycles. The summed E-state index contributed by atoms with van der Waals surface area (Å²) in [6, 6.07) is 10.0. The van der Waals surface area contributed by atoms with Gasteiger partial charge in [0.05, 0.1) is 30.9 Å². The minimum absolute atomic E-state index is 0.0127. The highest BCUT2D eigenvalue weighted by molar-refractivity contribution is 6.31. The van der Waals surface area contributed by atoms with Gasteiger partial charge >= 0.3 is 18.1 Å². The lowest BCUT2D eigenvalue weighted by Crippen LogP contribution is -2.59. The molecule has 9 nitrogen and oxygen atoms in total. The lowest BCUT2D eigenvalue weighted by Gasteiger charge is -2.46. The zero-order valence-corrected chi connectivity index (χ0v) is 22.1. The number of morpholine rings is 1. The van der Waals surface area contributed by atoms with Crippen LogP contribution < -0.4 is 4.74 Å². The SMILES string of the molecule is COc1cc(C(CN2CCN3C[C@@H](c4ccc5c(c4)COC5=O)OC[C@@H]3C2)OC(=O)C(F)(F)F)c(Cl)cc1C#N. The molecule has 3 aliphatic rings. The highest BCUT2D eigenvalue weighted by Gasteiger charge is 2.43.